The van der Waals surface area contributed by atoms with E-state index in [4.69, 9.17) is 22.4 Å². The van der Waals surface area contributed by atoms with Crippen LogP contribution in [0.15, 0.2) is 16.7 Å². The molecule has 0 aliphatic carbocycles. The molecule has 0 aliphatic rings. The van der Waals surface area contributed by atoms with Gasteiger partial charge in [0.25, 0.3) is 0 Å². The van der Waals surface area contributed by atoms with Crippen LogP contribution >= 0.6 is 27.5 Å². The summed E-state index contributed by atoms with van der Waals surface area (Å²) >= 11 is 8.96. The van der Waals surface area contributed by atoms with E-state index in [1.54, 1.807) is 12.3 Å². The van der Waals surface area contributed by atoms with E-state index in [9.17, 15) is 0 Å². The van der Waals surface area contributed by atoms with Gasteiger partial charge in [-0.3, -0.25) is 0 Å². The highest BCUT2D eigenvalue weighted by atomic mass is 79.9. The van der Waals surface area contributed by atoms with E-state index in [0.717, 1.165) is 5.56 Å². The fraction of sp³-hybridized carbons (Fsp3) is 0.286. The van der Waals surface area contributed by atoms with Crippen LogP contribution in [0.3, 0.4) is 0 Å². The molecular weight excluding hydrogens is 243 g/mol. The van der Waals surface area contributed by atoms with Crippen LogP contribution < -0.4 is 5.73 Å². The molecule has 1 atom stereocenters. The number of aromatic nitrogens is 1. The Kier molecular flexibility index (Phi) is 3.46. The van der Waals surface area contributed by atoms with Gasteiger partial charge in [0.15, 0.2) is 0 Å². The Hall–Kier alpha value is -0.160. The minimum Gasteiger partial charge on any atom is -0.394 e. The van der Waals surface area contributed by atoms with E-state index in [0.29, 0.717) is 9.63 Å². The maximum atomic E-state index is 8.79. The topological polar surface area (TPSA) is 59.1 Å². The van der Waals surface area contributed by atoms with Crippen LogP contribution in [-0.2, 0) is 0 Å². The van der Waals surface area contributed by atoms with Gasteiger partial charge >= 0.3 is 0 Å². The standard InChI is InChI=1S/C7H8BrClN2O/c8-6-4(5(10)3-12)1-2-11-7(6)9/h1-2,5,12H,3,10H2. The lowest BCUT2D eigenvalue weighted by molar-refractivity contribution is 0.267. The first kappa shape index (κ1) is 9.92. The predicted molar refractivity (Wildman–Crippen MR) is 51.0 cm³/mol. The lowest BCUT2D eigenvalue weighted by Gasteiger charge is -2.10. The Balaban J connectivity index is 3.07. The molecule has 66 valence electrons. The Morgan fingerprint density at radius 2 is 2.42 bits per heavy atom. The van der Waals surface area contributed by atoms with E-state index in [-0.39, 0.29) is 6.61 Å². The third kappa shape index (κ3) is 1.95. The van der Waals surface area contributed by atoms with Gasteiger partial charge in [0.2, 0.25) is 0 Å². The molecule has 0 radical (unpaired) electrons. The van der Waals surface area contributed by atoms with Crippen LogP contribution in [0.1, 0.15) is 11.6 Å². The molecular formula is C7H8BrClN2O. The maximum absolute atomic E-state index is 8.79. The van der Waals surface area contributed by atoms with Crippen molar-refractivity contribution in [1.82, 2.24) is 4.98 Å². The Morgan fingerprint density at radius 3 is 3.00 bits per heavy atom. The number of hydrogen-bond donors (Lipinski definition) is 2. The van der Waals surface area contributed by atoms with Crippen LogP contribution in [-0.4, -0.2) is 16.7 Å². The smallest absolute Gasteiger partial charge is 0.143 e. The summed E-state index contributed by atoms with van der Waals surface area (Å²) in [6.45, 7) is -0.112. The molecule has 3 nitrogen and oxygen atoms in total. The minimum absolute atomic E-state index is 0.112. The number of pyridine rings is 1. The van der Waals surface area contributed by atoms with E-state index in [2.05, 4.69) is 20.9 Å². The molecule has 1 unspecified atom stereocenters. The quantitative estimate of drug-likeness (QED) is 0.783. The van der Waals surface area contributed by atoms with Gasteiger partial charge in [0, 0.05) is 6.20 Å². The zero-order valence-electron chi connectivity index (χ0n) is 6.17. The molecule has 0 saturated heterocycles. The van der Waals surface area contributed by atoms with Gasteiger partial charge in [-0.1, -0.05) is 11.6 Å². The summed E-state index contributed by atoms with van der Waals surface area (Å²) in [7, 11) is 0. The third-order valence-corrected chi connectivity index (χ3v) is 2.82. The van der Waals surface area contributed by atoms with Gasteiger partial charge in [-0.15, -0.1) is 0 Å². The van der Waals surface area contributed by atoms with Crippen molar-refractivity contribution < 1.29 is 5.11 Å². The monoisotopic (exact) mass is 250 g/mol. The number of nitrogens with zero attached hydrogens (tertiary/aromatic N) is 1. The largest absolute Gasteiger partial charge is 0.394 e. The van der Waals surface area contributed by atoms with E-state index >= 15 is 0 Å². The minimum atomic E-state index is -0.417. The van der Waals surface area contributed by atoms with Gasteiger partial charge in [-0.2, -0.15) is 0 Å². The Labute approximate surface area is 83.7 Å². The second-order valence-corrected chi connectivity index (χ2v) is 3.45. The molecule has 3 N–H and O–H groups in total. The Morgan fingerprint density at radius 1 is 1.75 bits per heavy atom. The first-order valence-corrected chi connectivity index (χ1v) is 4.50. The van der Waals surface area contributed by atoms with E-state index in [1.807, 2.05) is 0 Å². The molecule has 5 heteroatoms. The molecule has 0 saturated carbocycles. The number of halogens is 2. The number of hydrogen-bond acceptors (Lipinski definition) is 3. The molecule has 0 bridgehead atoms. The Bertz CT molecular complexity index is 282. The molecule has 0 fully saturated rings. The normalized spacial score (nSPS) is 13.0. The number of aliphatic hydroxyl groups is 1. The van der Waals surface area contributed by atoms with E-state index in [1.165, 1.54) is 0 Å². The van der Waals surface area contributed by atoms with Crippen molar-refractivity contribution in [3.8, 4) is 0 Å². The van der Waals surface area contributed by atoms with Crippen molar-refractivity contribution in [2.75, 3.05) is 6.61 Å². The van der Waals surface area contributed by atoms with Crippen molar-refractivity contribution >= 4 is 27.5 Å². The third-order valence-electron chi connectivity index (χ3n) is 1.47. The maximum Gasteiger partial charge on any atom is 0.143 e. The summed E-state index contributed by atoms with van der Waals surface area (Å²) in [4.78, 5) is 3.84. The van der Waals surface area contributed by atoms with Crippen LogP contribution in [0.4, 0.5) is 0 Å². The SMILES string of the molecule is NC(CO)c1ccnc(Cl)c1Br. The lowest BCUT2D eigenvalue weighted by atomic mass is 10.1. The average molecular weight is 252 g/mol. The summed E-state index contributed by atoms with van der Waals surface area (Å²) in [5.41, 5.74) is 6.36. The van der Waals surface area contributed by atoms with Crippen LogP contribution in [0.2, 0.25) is 5.15 Å². The number of aliphatic hydroxyl groups excluding tert-OH is 1. The lowest BCUT2D eigenvalue weighted by Crippen LogP contribution is -2.15. The molecule has 1 aromatic heterocycles. The van der Waals surface area contributed by atoms with Gasteiger partial charge in [-0.25, -0.2) is 4.98 Å². The first-order chi connectivity index (χ1) is 5.66. The summed E-state index contributed by atoms with van der Waals surface area (Å²) < 4.78 is 0.646. The van der Waals surface area contributed by atoms with Crippen molar-refractivity contribution in [1.29, 1.82) is 0 Å². The molecule has 1 aromatic rings. The molecule has 0 aliphatic heterocycles. The molecule has 1 rings (SSSR count). The second kappa shape index (κ2) is 4.18. The average Bonchev–Trinajstić information content (AvgIpc) is 2.08. The van der Waals surface area contributed by atoms with Gasteiger partial charge < -0.3 is 10.8 Å². The predicted octanol–water partition coefficient (Wildman–Crippen LogP) is 1.49. The highest BCUT2D eigenvalue weighted by molar-refractivity contribution is 9.10. The summed E-state index contributed by atoms with van der Waals surface area (Å²) in [5.74, 6) is 0. The molecule has 12 heavy (non-hydrogen) atoms. The highest BCUT2D eigenvalue weighted by Gasteiger charge is 2.10. The molecule has 0 amide bonds. The van der Waals surface area contributed by atoms with Crippen molar-refractivity contribution in [3.05, 3.63) is 27.5 Å². The first-order valence-electron chi connectivity index (χ1n) is 3.33. The van der Waals surface area contributed by atoms with Crippen molar-refractivity contribution in [2.45, 2.75) is 6.04 Å². The van der Waals surface area contributed by atoms with Gasteiger partial charge in [-0.05, 0) is 27.6 Å². The van der Waals surface area contributed by atoms with Crippen molar-refractivity contribution in [2.24, 2.45) is 5.73 Å². The number of nitrogens with two attached hydrogens (primary N) is 1. The van der Waals surface area contributed by atoms with Crippen LogP contribution in [0, 0.1) is 0 Å². The highest BCUT2D eigenvalue weighted by Crippen LogP contribution is 2.27. The zero-order valence-corrected chi connectivity index (χ0v) is 8.51. The summed E-state index contributed by atoms with van der Waals surface area (Å²) in [6, 6.07) is 1.30. The zero-order chi connectivity index (χ0) is 9.14. The molecule has 1 heterocycles. The van der Waals surface area contributed by atoms with Crippen molar-refractivity contribution in [3.63, 3.8) is 0 Å². The second-order valence-electron chi connectivity index (χ2n) is 2.29. The molecule has 0 aromatic carbocycles. The van der Waals surface area contributed by atoms with Gasteiger partial charge in [0.1, 0.15) is 5.15 Å². The van der Waals surface area contributed by atoms with Crippen LogP contribution in [0.5, 0.6) is 0 Å². The fourth-order valence-corrected chi connectivity index (χ4v) is 1.51. The van der Waals surface area contributed by atoms with Crippen LogP contribution in [0.25, 0.3) is 0 Å². The number of rotatable bonds is 2. The van der Waals surface area contributed by atoms with Gasteiger partial charge in [0.05, 0.1) is 17.1 Å². The fourth-order valence-electron chi connectivity index (χ4n) is 0.817. The van der Waals surface area contributed by atoms with E-state index < -0.39 is 6.04 Å². The summed E-state index contributed by atoms with van der Waals surface area (Å²) in [5, 5.41) is 9.15. The summed E-state index contributed by atoms with van der Waals surface area (Å²) in [6.07, 6.45) is 1.55. The molecule has 0 spiro atoms.